The van der Waals surface area contributed by atoms with E-state index in [1.54, 1.807) is 29.3 Å². The Labute approximate surface area is 143 Å². The number of rotatable bonds is 5. The van der Waals surface area contributed by atoms with Crippen LogP contribution in [0.3, 0.4) is 0 Å². The number of amides is 1. The molecule has 1 aromatic carbocycles. The minimum Gasteiger partial charge on any atom is -0.439 e. The van der Waals surface area contributed by atoms with Crippen molar-refractivity contribution in [1.29, 1.82) is 0 Å². The van der Waals surface area contributed by atoms with E-state index < -0.39 is 0 Å². The first-order valence-corrected chi connectivity index (χ1v) is 7.93. The summed E-state index contributed by atoms with van der Waals surface area (Å²) in [5.41, 5.74) is 0.705. The van der Waals surface area contributed by atoms with Crippen LogP contribution < -0.4 is 15.4 Å². The maximum atomic E-state index is 11.7. The van der Waals surface area contributed by atoms with Gasteiger partial charge in [0.15, 0.2) is 0 Å². The van der Waals surface area contributed by atoms with Gasteiger partial charge in [-0.2, -0.15) is 10.1 Å². The number of hydrogen-bond acceptors (Lipinski definition) is 6. The van der Waals surface area contributed by atoms with E-state index >= 15 is 0 Å². The minimum atomic E-state index is -0.260. The molecule has 126 valence electrons. The van der Waals surface area contributed by atoms with E-state index in [0.29, 0.717) is 29.8 Å². The highest BCUT2D eigenvalue weighted by molar-refractivity contribution is 5.82. The maximum absolute atomic E-state index is 11.7. The average Bonchev–Trinajstić information content (AvgIpc) is 3.25. The van der Waals surface area contributed by atoms with E-state index in [4.69, 9.17) is 4.74 Å². The Morgan fingerprint density at radius 2 is 2.12 bits per heavy atom. The SMILES string of the molecule is O=C1NCCC1n1cc(Nc2nccc(Oc3ccccc3)n2)cn1. The Balaban J connectivity index is 1.47. The first kappa shape index (κ1) is 15.1. The molecule has 1 aliphatic heterocycles. The fourth-order valence-electron chi connectivity index (χ4n) is 2.60. The van der Waals surface area contributed by atoms with Crippen molar-refractivity contribution < 1.29 is 9.53 Å². The fourth-order valence-corrected chi connectivity index (χ4v) is 2.60. The molecule has 0 radical (unpaired) electrons. The zero-order valence-corrected chi connectivity index (χ0v) is 13.3. The Bertz CT molecular complexity index is 880. The molecule has 0 saturated carbocycles. The molecule has 1 amide bonds. The van der Waals surface area contributed by atoms with Gasteiger partial charge >= 0.3 is 0 Å². The van der Waals surface area contributed by atoms with Crippen molar-refractivity contribution in [1.82, 2.24) is 25.1 Å². The number of nitrogens with zero attached hydrogens (tertiary/aromatic N) is 4. The number of ether oxygens (including phenoxy) is 1. The number of nitrogens with one attached hydrogen (secondary N) is 2. The van der Waals surface area contributed by atoms with Gasteiger partial charge in [0.1, 0.15) is 11.8 Å². The summed E-state index contributed by atoms with van der Waals surface area (Å²) in [5.74, 6) is 1.52. The van der Waals surface area contributed by atoms with Crippen LogP contribution in [0.2, 0.25) is 0 Å². The van der Waals surface area contributed by atoms with Crippen molar-refractivity contribution in [2.75, 3.05) is 11.9 Å². The van der Waals surface area contributed by atoms with Crippen molar-refractivity contribution in [3.63, 3.8) is 0 Å². The van der Waals surface area contributed by atoms with Crippen molar-refractivity contribution in [3.05, 3.63) is 55.0 Å². The standard InChI is InChI=1S/C17H16N6O2/c24-16-14(6-8-18-16)23-11-12(10-20-23)21-17-19-9-7-15(22-17)25-13-4-2-1-3-5-13/h1-5,7,9-11,14H,6,8H2,(H,18,24)(H,19,21,22). The second-order valence-corrected chi connectivity index (χ2v) is 5.56. The van der Waals surface area contributed by atoms with E-state index in [2.05, 4.69) is 25.7 Å². The maximum Gasteiger partial charge on any atom is 0.244 e. The number of benzene rings is 1. The summed E-state index contributed by atoms with van der Waals surface area (Å²) in [7, 11) is 0. The predicted octanol–water partition coefficient (Wildman–Crippen LogP) is 2.27. The molecule has 1 unspecified atom stereocenters. The van der Waals surface area contributed by atoms with Gasteiger partial charge in [-0.1, -0.05) is 18.2 Å². The Morgan fingerprint density at radius 1 is 1.24 bits per heavy atom. The molecule has 1 saturated heterocycles. The van der Waals surface area contributed by atoms with Gasteiger partial charge in [-0.15, -0.1) is 0 Å². The highest BCUT2D eigenvalue weighted by Gasteiger charge is 2.26. The normalized spacial score (nSPS) is 16.5. The highest BCUT2D eigenvalue weighted by Crippen LogP contribution is 2.22. The summed E-state index contributed by atoms with van der Waals surface area (Å²) in [6.07, 6.45) is 5.75. The van der Waals surface area contributed by atoms with Gasteiger partial charge in [-0.05, 0) is 18.6 Å². The van der Waals surface area contributed by atoms with Crippen LogP contribution >= 0.6 is 0 Å². The molecule has 0 bridgehead atoms. The quantitative estimate of drug-likeness (QED) is 0.742. The van der Waals surface area contributed by atoms with Gasteiger partial charge in [0.25, 0.3) is 0 Å². The van der Waals surface area contributed by atoms with E-state index in [1.807, 2.05) is 30.3 Å². The Kier molecular flexibility index (Phi) is 3.99. The van der Waals surface area contributed by atoms with Crippen LogP contribution in [0.25, 0.3) is 0 Å². The van der Waals surface area contributed by atoms with E-state index in [-0.39, 0.29) is 11.9 Å². The van der Waals surface area contributed by atoms with Gasteiger partial charge in [-0.25, -0.2) is 4.98 Å². The second-order valence-electron chi connectivity index (χ2n) is 5.56. The number of anilines is 2. The molecule has 1 fully saturated rings. The predicted molar refractivity (Wildman–Crippen MR) is 90.7 cm³/mol. The molecule has 8 heteroatoms. The number of hydrogen-bond donors (Lipinski definition) is 2. The third kappa shape index (κ3) is 3.42. The largest absolute Gasteiger partial charge is 0.439 e. The number of aromatic nitrogens is 4. The monoisotopic (exact) mass is 336 g/mol. The molecule has 25 heavy (non-hydrogen) atoms. The molecule has 8 nitrogen and oxygen atoms in total. The van der Waals surface area contributed by atoms with Crippen LogP contribution in [0.5, 0.6) is 11.6 Å². The first-order chi connectivity index (χ1) is 12.3. The molecular formula is C17H16N6O2. The summed E-state index contributed by atoms with van der Waals surface area (Å²) in [6.45, 7) is 0.675. The number of para-hydroxylation sites is 1. The van der Waals surface area contributed by atoms with Crippen molar-refractivity contribution in [3.8, 4) is 11.6 Å². The Morgan fingerprint density at radius 3 is 2.92 bits per heavy atom. The van der Waals surface area contributed by atoms with Gasteiger partial charge in [0.05, 0.1) is 11.9 Å². The van der Waals surface area contributed by atoms with Crippen LogP contribution in [0.1, 0.15) is 12.5 Å². The number of carbonyl (C=O) groups excluding carboxylic acids is 1. The molecule has 4 rings (SSSR count). The first-order valence-electron chi connectivity index (χ1n) is 7.93. The van der Waals surface area contributed by atoms with Gasteiger partial charge < -0.3 is 15.4 Å². The number of carbonyl (C=O) groups is 1. The van der Waals surface area contributed by atoms with Crippen molar-refractivity contribution in [2.24, 2.45) is 0 Å². The molecule has 1 aliphatic rings. The minimum absolute atomic E-state index is 0.0100. The van der Waals surface area contributed by atoms with Crippen LogP contribution in [0, 0.1) is 0 Å². The van der Waals surface area contributed by atoms with Crippen LogP contribution in [-0.2, 0) is 4.79 Å². The summed E-state index contributed by atoms with van der Waals surface area (Å²) in [6, 6.07) is 10.8. The summed E-state index contributed by atoms with van der Waals surface area (Å²) in [5, 5.41) is 10.1. The average molecular weight is 336 g/mol. The van der Waals surface area contributed by atoms with Crippen LogP contribution in [-0.4, -0.2) is 32.2 Å². The van der Waals surface area contributed by atoms with Gasteiger partial charge in [0.2, 0.25) is 17.7 Å². The summed E-state index contributed by atoms with van der Waals surface area (Å²) >= 11 is 0. The second kappa shape index (κ2) is 6.60. The lowest BCUT2D eigenvalue weighted by atomic mass is 10.2. The molecule has 0 spiro atoms. The lowest BCUT2D eigenvalue weighted by molar-refractivity contribution is -0.122. The van der Waals surface area contributed by atoms with Crippen molar-refractivity contribution in [2.45, 2.75) is 12.5 Å². The van der Waals surface area contributed by atoms with Gasteiger partial charge in [-0.3, -0.25) is 9.48 Å². The molecular weight excluding hydrogens is 320 g/mol. The lowest BCUT2D eigenvalue weighted by Gasteiger charge is -2.07. The zero-order valence-electron chi connectivity index (χ0n) is 13.3. The summed E-state index contributed by atoms with van der Waals surface area (Å²) in [4.78, 5) is 20.2. The smallest absolute Gasteiger partial charge is 0.244 e. The third-order valence-electron chi connectivity index (χ3n) is 3.79. The van der Waals surface area contributed by atoms with Crippen molar-refractivity contribution >= 4 is 17.5 Å². The van der Waals surface area contributed by atoms with E-state index in [1.165, 1.54) is 0 Å². The van der Waals surface area contributed by atoms with E-state index in [9.17, 15) is 4.79 Å². The summed E-state index contributed by atoms with van der Waals surface area (Å²) < 4.78 is 7.34. The molecule has 3 heterocycles. The van der Waals surface area contributed by atoms with E-state index in [0.717, 1.165) is 6.42 Å². The molecule has 2 N–H and O–H groups in total. The molecule has 3 aromatic rings. The third-order valence-corrected chi connectivity index (χ3v) is 3.79. The van der Waals surface area contributed by atoms with Crippen LogP contribution in [0.4, 0.5) is 11.6 Å². The van der Waals surface area contributed by atoms with Gasteiger partial charge in [0, 0.05) is 25.0 Å². The zero-order chi connectivity index (χ0) is 17.1. The van der Waals surface area contributed by atoms with Crippen LogP contribution in [0.15, 0.2) is 55.0 Å². The Hall–Kier alpha value is -3.42. The lowest BCUT2D eigenvalue weighted by Crippen LogP contribution is -2.22. The molecule has 2 aromatic heterocycles. The molecule has 0 aliphatic carbocycles. The fraction of sp³-hybridized carbons (Fsp3) is 0.176. The topological polar surface area (TPSA) is 94.0 Å². The highest BCUT2D eigenvalue weighted by atomic mass is 16.5. The molecule has 1 atom stereocenters.